The Morgan fingerprint density at radius 1 is 0.760 bits per heavy atom. The molecule has 12 atom stereocenters. The highest BCUT2D eigenvalue weighted by Crippen LogP contribution is 2.75. The molecule has 0 spiro atoms. The molecule has 0 aromatic rings. The van der Waals surface area contributed by atoms with Crippen molar-refractivity contribution < 1.29 is 39.5 Å². The zero-order chi connectivity index (χ0) is 35.8. The molecule has 0 bridgehead atoms. The van der Waals surface area contributed by atoms with E-state index in [0.717, 1.165) is 36.8 Å². The number of carbonyl (C=O) groups excluding carboxylic acids is 2. The van der Waals surface area contributed by atoms with Crippen molar-refractivity contribution in [2.45, 2.75) is 153 Å². The minimum absolute atomic E-state index is 0. The molecule has 0 amide bonds. The lowest BCUT2D eigenvalue weighted by molar-refractivity contribution is -0.260. The molecule has 0 aromatic heterocycles. The summed E-state index contributed by atoms with van der Waals surface area (Å²) >= 11 is 0. The molecule has 286 valence electrons. The first-order chi connectivity index (χ1) is 22.1. The van der Waals surface area contributed by atoms with E-state index in [0.29, 0.717) is 19.3 Å². The molecule has 0 heterocycles. The maximum absolute atomic E-state index is 12.8. The number of aliphatic hydroxyl groups excluding tert-OH is 4. The molecule has 3 unspecified atom stereocenters. The fraction of sp³-hybridized carbons (Fsp3) is 0.810. The average Bonchev–Trinajstić information content (AvgIpc) is 2.96. The summed E-state index contributed by atoms with van der Waals surface area (Å²) in [4.78, 5) is 25.3. The molecule has 0 saturated heterocycles. The zero-order valence-corrected chi connectivity index (χ0v) is 31.1. The Morgan fingerprint density at radius 2 is 1.32 bits per heavy atom. The normalized spacial score (nSPS) is 44.1. The van der Waals surface area contributed by atoms with Crippen molar-refractivity contribution in [3.63, 3.8) is 0 Å². The molecule has 5 aliphatic carbocycles. The van der Waals surface area contributed by atoms with Gasteiger partial charge in [-0.2, -0.15) is 0 Å². The summed E-state index contributed by atoms with van der Waals surface area (Å²) in [5.74, 6) is -0.795. The van der Waals surface area contributed by atoms with Gasteiger partial charge in [-0.3, -0.25) is 0 Å². The minimum atomic E-state index is -1.28. The van der Waals surface area contributed by atoms with Crippen molar-refractivity contribution in [1.82, 2.24) is 0 Å². The van der Waals surface area contributed by atoms with Gasteiger partial charge in [0.1, 0.15) is 6.61 Å². The third kappa shape index (κ3) is 6.26. The van der Waals surface area contributed by atoms with E-state index in [1.165, 1.54) is 17.7 Å². The predicted molar refractivity (Wildman–Crippen MR) is 198 cm³/mol. The van der Waals surface area contributed by atoms with Gasteiger partial charge >= 0.3 is 11.9 Å². The van der Waals surface area contributed by atoms with Crippen LogP contribution in [0.4, 0.5) is 0 Å². The van der Waals surface area contributed by atoms with E-state index in [1.54, 1.807) is 0 Å². The molecule has 0 radical (unpaired) electrons. The molecule has 0 aromatic carbocycles. The molecule has 4 saturated carbocycles. The summed E-state index contributed by atoms with van der Waals surface area (Å²) in [6.07, 6.45) is 6.31. The Kier molecular flexibility index (Phi) is 12.0. The highest BCUT2D eigenvalue weighted by atomic mass is 16.5. The maximum Gasteiger partial charge on any atom is 0.330 e. The molecule has 50 heavy (non-hydrogen) atoms. The van der Waals surface area contributed by atoms with Crippen LogP contribution in [0.1, 0.15) is 129 Å². The van der Waals surface area contributed by atoms with Gasteiger partial charge in [0.25, 0.3) is 0 Å². The van der Waals surface area contributed by atoms with Crippen molar-refractivity contribution in [3.8, 4) is 0 Å². The second kappa shape index (κ2) is 14.1. The van der Waals surface area contributed by atoms with Crippen LogP contribution in [0.25, 0.3) is 0 Å². The molecular weight excluding hydrogens is 632 g/mol. The van der Waals surface area contributed by atoms with Crippen LogP contribution >= 0.6 is 0 Å². The number of ether oxygens (including phenoxy) is 2. The molecule has 5 aliphatic rings. The van der Waals surface area contributed by atoms with Gasteiger partial charge in [-0.05, 0) is 112 Å². The second-order valence-corrected chi connectivity index (χ2v) is 18.5. The van der Waals surface area contributed by atoms with Gasteiger partial charge < -0.3 is 29.9 Å². The summed E-state index contributed by atoms with van der Waals surface area (Å²) < 4.78 is 11.6. The SMILES string of the molecule is C.C.CC(C)=CC(=O)OC[C@@]12C(CC(C)(C)[C@@H](O)[C@@H]1O)C1=CCC3[C@@]4(C)CC[C@H](O)[C@](C)(COC(=O)C=C(C)C)C4CC[C@@]3(C)[C@]1(C)C[C@H]2O. The number of esters is 2. The third-order valence-electron chi connectivity index (χ3n) is 14.7. The summed E-state index contributed by atoms with van der Waals surface area (Å²) in [6.45, 7) is 20.4. The van der Waals surface area contributed by atoms with Crippen LogP contribution in [0.2, 0.25) is 0 Å². The van der Waals surface area contributed by atoms with Crippen LogP contribution in [0.3, 0.4) is 0 Å². The molecule has 8 nitrogen and oxygen atoms in total. The predicted octanol–water partition coefficient (Wildman–Crippen LogP) is 7.33. The fourth-order valence-corrected chi connectivity index (χ4v) is 11.9. The first-order valence-corrected chi connectivity index (χ1v) is 18.2. The highest BCUT2D eigenvalue weighted by Gasteiger charge is 2.72. The van der Waals surface area contributed by atoms with Crippen LogP contribution in [-0.2, 0) is 19.1 Å². The van der Waals surface area contributed by atoms with Crippen LogP contribution in [0.5, 0.6) is 0 Å². The van der Waals surface area contributed by atoms with Gasteiger partial charge in [-0.1, -0.05) is 79.2 Å². The Hall–Kier alpha value is -2.00. The van der Waals surface area contributed by atoms with Crippen molar-refractivity contribution in [2.75, 3.05) is 13.2 Å². The van der Waals surface area contributed by atoms with E-state index >= 15 is 0 Å². The number of aliphatic hydroxyl groups is 4. The smallest absolute Gasteiger partial charge is 0.330 e. The fourth-order valence-electron chi connectivity index (χ4n) is 11.9. The number of rotatable bonds is 6. The third-order valence-corrected chi connectivity index (χ3v) is 14.7. The van der Waals surface area contributed by atoms with Crippen molar-refractivity contribution in [1.29, 1.82) is 0 Å². The van der Waals surface area contributed by atoms with Crippen molar-refractivity contribution in [2.24, 2.45) is 50.2 Å². The molecular formula is C42H70O8. The Morgan fingerprint density at radius 3 is 1.88 bits per heavy atom. The van der Waals surface area contributed by atoms with E-state index in [9.17, 15) is 30.0 Å². The molecule has 4 fully saturated rings. The van der Waals surface area contributed by atoms with E-state index in [1.807, 2.05) is 41.5 Å². The van der Waals surface area contributed by atoms with E-state index in [-0.39, 0.29) is 62.6 Å². The standard InChI is InChI=1S/C40H62O8.2CH4/c1-23(2)17-31(43)47-21-37(8)27-13-16-38(9)28(36(27,7)15-14-29(37)41)12-11-25-26-19-35(5,6)33(45)34(46)40(26,30(42)20-39(25,38)10)22-48-32(44)18-24(3)4;;/h11,17-18,26-30,33-34,41-42,45-46H,12-16,19-22H2,1-10H3;2*1H4/t26?,27?,28?,29-,30+,33-,34-,36-,37+,38+,39+,40-;;/m0../s1. The summed E-state index contributed by atoms with van der Waals surface area (Å²) in [5.41, 5.74) is -0.334. The largest absolute Gasteiger partial charge is 0.462 e. The van der Waals surface area contributed by atoms with E-state index in [2.05, 4.69) is 33.8 Å². The average molecular weight is 703 g/mol. The van der Waals surface area contributed by atoms with Gasteiger partial charge in [0.2, 0.25) is 0 Å². The topological polar surface area (TPSA) is 134 Å². The first-order valence-electron chi connectivity index (χ1n) is 18.2. The minimum Gasteiger partial charge on any atom is -0.462 e. The van der Waals surface area contributed by atoms with Crippen LogP contribution in [-0.4, -0.2) is 70.0 Å². The number of carbonyl (C=O) groups is 2. The quantitative estimate of drug-likeness (QED) is 0.129. The highest BCUT2D eigenvalue weighted by molar-refractivity contribution is 5.83. The monoisotopic (exact) mass is 703 g/mol. The Balaban J connectivity index is 0.00000338. The van der Waals surface area contributed by atoms with Crippen LogP contribution in [0, 0.1) is 50.2 Å². The molecule has 5 rings (SSSR count). The maximum atomic E-state index is 12.8. The lowest BCUT2D eigenvalue weighted by Gasteiger charge is -2.72. The van der Waals surface area contributed by atoms with E-state index in [4.69, 9.17) is 9.47 Å². The lowest BCUT2D eigenvalue weighted by Crippen LogP contribution is -2.72. The molecule has 4 N–H and O–H groups in total. The summed E-state index contributed by atoms with van der Waals surface area (Å²) in [7, 11) is 0. The van der Waals surface area contributed by atoms with Crippen molar-refractivity contribution >= 4 is 11.9 Å². The summed E-state index contributed by atoms with van der Waals surface area (Å²) in [5, 5.41) is 47.1. The van der Waals surface area contributed by atoms with Gasteiger partial charge in [0, 0.05) is 17.6 Å². The summed E-state index contributed by atoms with van der Waals surface area (Å²) in [6, 6.07) is 0. The van der Waals surface area contributed by atoms with Crippen LogP contribution < -0.4 is 0 Å². The van der Waals surface area contributed by atoms with Gasteiger partial charge in [-0.15, -0.1) is 0 Å². The number of hydrogen-bond donors (Lipinski definition) is 4. The number of allylic oxidation sites excluding steroid dienone is 4. The Bertz CT molecular complexity index is 1390. The zero-order valence-electron chi connectivity index (χ0n) is 31.1. The van der Waals surface area contributed by atoms with Gasteiger partial charge in [0.15, 0.2) is 0 Å². The van der Waals surface area contributed by atoms with Crippen molar-refractivity contribution in [3.05, 3.63) is 34.9 Å². The number of hydrogen-bond acceptors (Lipinski definition) is 8. The van der Waals surface area contributed by atoms with Gasteiger partial charge in [-0.25, -0.2) is 9.59 Å². The second-order valence-electron chi connectivity index (χ2n) is 18.5. The van der Waals surface area contributed by atoms with Crippen LogP contribution in [0.15, 0.2) is 34.9 Å². The molecule has 0 aliphatic heterocycles. The molecule has 8 heteroatoms. The lowest BCUT2D eigenvalue weighted by atomic mass is 9.33. The number of fused-ring (bicyclic) bond motifs is 7. The Labute approximate surface area is 302 Å². The van der Waals surface area contributed by atoms with Gasteiger partial charge in [0.05, 0.1) is 36.4 Å². The van der Waals surface area contributed by atoms with E-state index < -0.39 is 52.0 Å². The first kappa shape index (κ1) is 42.4.